The van der Waals surface area contributed by atoms with E-state index in [0.717, 1.165) is 11.4 Å². The first-order valence-electron chi connectivity index (χ1n) is 8.40. The summed E-state index contributed by atoms with van der Waals surface area (Å²) in [5.41, 5.74) is 4.06. The molecule has 0 aliphatic heterocycles. The van der Waals surface area contributed by atoms with Gasteiger partial charge in [0.15, 0.2) is 5.78 Å². The first-order chi connectivity index (χ1) is 12.5. The van der Waals surface area contributed by atoms with Gasteiger partial charge in [-0.1, -0.05) is 36.3 Å². The van der Waals surface area contributed by atoms with Crippen molar-refractivity contribution >= 4 is 5.78 Å². The molecule has 0 radical (unpaired) electrons. The van der Waals surface area contributed by atoms with E-state index in [0.29, 0.717) is 17.7 Å². The van der Waals surface area contributed by atoms with Gasteiger partial charge in [0.2, 0.25) is 0 Å². The van der Waals surface area contributed by atoms with E-state index in [4.69, 9.17) is 6.42 Å². The predicted molar refractivity (Wildman–Crippen MR) is 102 cm³/mol. The first kappa shape index (κ1) is 17.5. The number of pyridine rings is 1. The molecule has 0 saturated carbocycles. The van der Waals surface area contributed by atoms with Crippen molar-refractivity contribution in [1.29, 1.82) is 0 Å². The Morgan fingerprint density at radius 1 is 1.12 bits per heavy atom. The van der Waals surface area contributed by atoms with Crippen LogP contribution in [0, 0.1) is 26.2 Å². The van der Waals surface area contributed by atoms with Crippen molar-refractivity contribution in [2.45, 2.75) is 26.9 Å². The molecule has 3 rings (SSSR count). The molecule has 2 aromatic heterocycles. The lowest BCUT2D eigenvalue weighted by Gasteiger charge is -2.10. The fourth-order valence-corrected chi connectivity index (χ4v) is 3.07. The lowest BCUT2D eigenvalue weighted by Crippen LogP contribution is -2.23. The summed E-state index contributed by atoms with van der Waals surface area (Å²) in [7, 11) is 0. The van der Waals surface area contributed by atoms with Crippen LogP contribution in [0.5, 0.6) is 0 Å². The molecule has 0 unspecified atom stereocenters. The average Bonchev–Trinajstić information content (AvgIpc) is 2.92. The fourth-order valence-electron chi connectivity index (χ4n) is 3.07. The summed E-state index contributed by atoms with van der Waals surface area (Å²) in [6.07, 6.45) is 6.92. The number of Topliss-reactive ketones (excluding diaryl/α,β-unsaturated/α-hetero) is 1. The van der Waals surface area contributed by atoms with Crippen LogP contribution in [0.1, 0.15) is 32.9 Å². The van der Waals surface area contributed by atoms with Crippen LogP contribution in [-0.4, -0.2) is 14.9 Å². The van der Waals surface area contributed by atoms with Crippen LogP contribution in [0.3, 0.4) is 0 Å². The third-order valence-corrected chi connectivity index (χ3v) is 4.52. The van der Waals surface area contributed by atoms with Crippen LogP contribution in [0.15, 0.2) is 59.5 Å². The highest BCUT2D eigenvalue weighted by atomic mass is 16.1. The van der Waals surface area contributed by atoms with E-state index in [1.165, 1.54) is 16.2 Å². The third-order valence-electron chi connectivity index (χ3n) is 4.52. The van der Waals surface area contributed by atoms with Crippen LogP contribution in [0.25, 0.3) is 0 Å². The second-order valence-electron chi connectivity index (χ2n) is 6.31. The van der Waals surface area contributed by atoms with E-state index >= 15 is 0 Å². The number of ketones is 1. The van der Waals surface area contributed by atoms with Gasteiger partial charge in [-0.2, -0.15) is 0 Å². The molecule has 0 atom stereocenters. The van der Waals surface area contributed by atoms with E-state index in [-0.39, 0.29) is 17.9 Å². The molecule has 4 heteroatoms. The molecular weight excluding hydrogens is 324 g/mol. The Balaban J connectivity index is 1.88. The zero-order valence-corrected chi connectivity index (χ0v) is 14.9. The van der Waals surface area contributed by atoms with Crippen LogP contribution in [0.2, 0.25) is 0 Å². The smallest absolute Gasteiger partial charge is 0.251 e. The molecule has 0 aliphatic rings. The maximum atomic E-state index is 12.8. The van der Waals surface area contributed by atoms with Crippen LogP contribution in [0.4, 0.5) is 0 Å². The Kier molecular flexibility index (Phi) is 4.90. The molecule has 1 aromatic carbocycles. The van der Waals surface area contributed by atoms with Crippen molar-refractivity contribution in [3.8, 4) is 12.3 Å². The number of benzene rings is 1. The van der Waals surface area contributed by atoms with Crippen molar-refractivity contribution in [2.24, 2.45) is 0 Å². The summed E-state index contributed by atoms with van der Waals surface area (Å²) >= 11 is 0. The number of carbonyl (C=O) groups is 1. The summed E-state index contributed by atoms with van der Waals surface area (Å²) in [6.45, 7) is 4.60. The topological polar surface area (TPSA) is 44.0 Å². The van der Waals surface area contributed by atoms with Gasteiger partial charge >= 0.3 is 0 Å². The zero-order chi connectivity index (χ0) is 18.7. The van der Waals surface area contributed by atoms with Crippen molar-refractivity contribution in [3.63, 3.8) is 0 Å². The molecule has 130 valence electrons. The Labute approximate surface area is 152 Å². The summed E-state index contributed by atoms with van der Waals surface area (Å²) in [6, 6.07) is 15.0. The number of rotatable bonds is 5. The highest BCUT2D eigenvalue weighted by Gasteiger charge is 2.16. The minimum Gasteiger partial charge on any atom is -0.344 e. The van der Waals surface area contributed by atoms with Crippen LogP contribution >= 0.6 is 0 Å². The standard InChI is InChI=1S/C22H20N2O2/c1-4-18-10-11-22(26)23(13-18)15-21(25)20-12-16(2)24(17(20)3)14-19-8-6-5-7-9-19/h1,5-13H,14-15H2,2-3H3. The normalized spacial score (nSPS) is 10.5. The number of aryl methyl sites for hydroxylation is 1. The van der Waals surface area contributed by atoms with E-state index in [9.17, 15) is 9.59 Å². The van der Waals surface area contributed by atoms with Gasteiger partial charge in [-0.3, -0.25) is 9.59 Å². The van der Waals surface area contributed by atoms with Crippen LogP contribution in [-0.2, 0) is 13.1 Å². The number of carbonyl (C=O) groups excluding carboxylic acids is 1. The van der Waals surface area contributed by atoms with E-state index in [2.05, 4.69) is 22.6 Å². The lowest BCUT2D eigenvalue weighted by atomic mass is 10.1. The number of hydrogen-bond acceptors (Lipinski definition) is 2. The van der Waals surface area contributed by atoms with E-state index < -0.39 is 0 Å². The van der Waals surface area contributed by atoms with Gasteiger partial charge in [-0.05, 0) is 31.5 Å². The molecule has 2 heterocycles. The molecule has 0 bridgehead atoms. The van der Waals surface area contributed by atoms with Gasteiger partial charge in [0.1, 0.15) is 0 Å². The average molecular weight is 344 g/mol. The maximum absolute atomic E-state index is 12.8. The summed E-state index contributed by atoms with van der Waals surface area (Å²) in [4.78, 5) is 24.8. The Bertz CT molecular complexity index is 1050. The molecule has 3 aromatic rings. The predicted octanol–water partition coefficient (Wildman–Crippen LogP) is 3.18. The molecule has 0 spiro atoms. The molecule has 4 nitrogen and oxygen atoms in total. The largest absolute Gasteiger partial charge is 0.344 e. The van der Waals surface area contributed by atoms with E-state index in [1.807, 2.05) is 38.1 Å². The monoisotopic (exact) mass is 344 g/mol. The summed E-state index contributed by atoms with van der Waals surface area (Å²) in [5, 5.41) is 0. The second-order valence-corrected chi connectivity index (χ2v) is 6.31. The van der Waals surface area contributed by atoms with Crippen LogP contribution < -0.4 is 5.56 Å². The first-order valence-corrected chi connectivity index (χ1v) is 8.40. The van der Waals surface area contributed by atoms with Gasteiger partial charge in [-0.25, -0.2) is 0 Å². The Hall–Kier alpha value is -3.32. The van der Waals surface area contributed by atoms with Crippen molar-refractivity contribution in [2.75, 3.05) is 0 Å². The Morgan fingerprint density at radius 2 is 1.85 bits per heavy atom. The SMILES string of the molecule is C#Cc1ccc(=O)n(CC(=O)c2cc(C)n(Cc3ccccc3)c2C)c1. The fraction of sp³-hybridized carbons (Fsp3) is 0.182. The number of aromatic nitrogens is 2. The van der Waals surface area contributed by atoms with Crippen molar-refractivity contribution < 1.29 is 4.79 Å². The summed E-state index contributed by atoms with van der Waals surface area (Å²) in [5.74, 6) is 2.38. The molecule has 0 amide bonds. The Morgan fingerprint density at radius 3 is 2.54 bits per heavy atom. The van der Waals surface area contributed by atoms with Gasteiger partial charge < -0.3 is 9.13 Å². The lowest BCUT2D eigenvalue weighted by molar-refractivity contribution is 0.0970. The highest BCUT2D eigenvalue weighted by molar-refractivity contribution is 5.97. The minimum atomic E-state index is -0.240. The molecule has 0 saturated heterocycles. The highest BCUT2D eigenvalue weighted by Crippen LogP contribution is 2.18. The molecular formula is C22H20N2O2. The minimum absolute atomic E-state index is 0.0238. The molecule has 0 N–H and O–H groups in total. The second kappa shape index (κ2) is 7.28. The summed E-state index contributed by atoms with van der Waals surface area (Å²) < 4.78 is 3.48. The molecule has 0 aliphatic carbocycles. The zero-order valence-electron chi connectivity index (χ0n) is 14.9. The van der Waals surface area contributed by atoms with E-state index in [1.54, 1.807) is 12.3 Å². The van der Waals surface area contributed by atoms with Gasteiger partial charge in [-0.15, -0.1) is 6.42 Å². The number of hydrogen-bond donors (Lipinski definition) is 0. The maximum Gasteiger partial charge on any atom is 0.251 e. The van der Waals surface area contributed by atoms with Crippen molar-refractivity contribution in [3.05, 3.63) is 93.2 Å². The number of terminal acetylenes is 1. The molecule has 0 fully saturated rings. The van der Waals surface area contributed by atoms with Gasteiger partial charge in [0, 0.05) is 41.3 Å². The van der Waals surface area contributed by atoms with Gasteiger partial charge in [0.05, 0.1) is 6.54 Å². The number of nitrogens with zero attached hydrogens (tertiary/aromatic N) is 2. The third kappa shape index (κ3) is 3.52. The van der Waals surface area contributed by atoms with Crippen molar-refractivity contribution in [1.82, 2.24) is 9.13 Å². The quantitative estimate of drug-likeness (QED) is 0.527. The van der Waals surface area contributed by atoms with Gasteiger partial charge in [0.25, 0.3) is 5.56 Å². The molecule has 26 heavy (non-hydrogen) atoms.